The van der Waals surface area contributed by atoms with Crippen LogP contribution in [0.15, 0.2) is 42.6 Å². The minimum Gasteiger partial charge on any atom is -0.483 e. The lowest BCUT2D eigenvalue weighted by molar-refractivity contribution is -0.123. The largest absolute Gasteiger partial charge is 0.483 e. The van der Waals surface area contributed by atoms with Crippen LogP contribution in [0.25, 0.3) is 22.2 Å². The smallest absolute Gasteiger partial charge is 0.290 e. The number of aromatic amines is 1. The standard InChI is InChI=1S/C22H27N5O.CH2O2/c1-16(9-13-27-11-3-2-4-12-27)22(28)24-21-15-20(25-26-21)18-7-8-19-17(14-18)6-5-10-23-19;2-1-3/h5-8,10,14-16H,2-4,9,11-13H2,1H3,(H2,24,25,26,28);1H,(H,2,3). The van der Waals surface area contributed by atoms with Crippen molar-refractivity contribution < 1.29 is 14.7 Å². The van der Waals surface area contributed by atoms with Crippen molar-refractivity contribution in [1.82, 2.24) is 20.1 Å². The summed E-state index contributed by atoms with van der Waals surface area (Å²) in [6.45, 7) is 5.06. The molecule has 0 aliphatic carbocycles. The van der Waals surface area contributed by atoms with E-state index in [0.29, 0.717) is 5.82 Å². The second kappa shape index (κ2) is 11.2. The number of amides is 1. The van der Waals surface area contributed by atoms with Gasteiger partial charge in [0.1, 0.15) is 0 Å². The van der Waals surface area contributed by atoms with Crippen LogP contribution in [-0.2, 0) is 9.59 Å². The fourth-order valence-corrected chi connectivity index (χ4v) is 3.72. The number of rotatable bonds is 6. The van der Waals surface area contributed by atoms with Gasteiger partial charge in [-0.15, -0.1) is 0 Å². The van der Waals surface area contributed by atoms with Gasteiger partial charge in [-0.05, 0) is 57.1 Å². The maximum Gasteiger partial charge on any atom is 0.290 e. The Balaban J connectivity index is 0.000000858. The Labute approximate surface area is 181 Å². The van der Waals surface area contributed by atoms with Gasteiger partial charge in [-0.25, -0.2) is 0 Å². The fraction of sp³-hybridized carbons (Fsp3) is 0.391. The number of carboxylic acid groups (broad SMARTS) is 1. The molecule has 1 saturated heterocycles. The summed E-state index contributed by atoms with van der Waals surface area (Å²) in [5.41, 5.74) is 2.86. The molecule has 2 aromatic heterocycles. The molecule has 1 fully saturated rings. The van der Waals surface area contributed by atoms with Crippen molar-refractivity contribution >= 4 is 29.1 Å². The average Bonchev–Trinajstić information content (AvgIpc) is 3.27. The van der Waals surface area contributed by atoms with E-state index in [9.17, 15) is 4.79 Å². The highest BCUT2D eigenvalue weighted by Gasteiger charge is 2.17. The van der Waals surface area contributed by atoms with Gasteiger partial charge in [0.05, 0.1) is 11.2 Å². The van der Waals surface area contributed by atoms with Crippen molar-refractivity contribution in [1.29, 1.82) is 0 Å². The van der Waals surface area contributed by atoms with Crippen molar-refractivity contribution in [3.8, 4) is 11.3 Å². The second-order valence-electron chi connectivity index (χ2n) is 7.76. The van der Waals surface area contributed by atoms with Crippen LogP contribution in [0.1, 0.15) is 32.6 Å². The molecule has 31 heavy (non-hydrogen) atoms. The van der Waals surface area contributed by atoms with Gasteiger partial charge >= 0.3 is 0 Å². The summed E-state index contributed by atoms with van der Waals surface area (Å²) >= 11 is 0. The van der Waals surface area contributed by atoms with Gasteiger partial charge in [-0.3, -0.25) is 19.7 Å². The number of H-pyrrole nitrogens is 1. The summed E-state index contributed by atoms with van der Waals surface area (Å²) in [4.78, 5) is 27.7. The first-order valence-electron chi connectivity index (χ1n) is 10.6. The maximum atomic E-state index is 12.5. The molecular weight excluding hydrogens is 394 g/mol. The van der Waals surface area contributed by atoms with E-state index in [1.807, 2.05) is 37.3 Å². The normalized spacial score (nSPS) is 15.0. The van der Waals surface area contributed by atoms with E-state index in [1.165, 1.54) is 32.4 Å². The molecule has 0 bridgehead atoms. The summed E-state index contributed by atoms with van der Waals surface area (Å²) in [6.07, 6.45) is 6.56. The highest BCUT2D eigenvalue weighted by Crippen LogP contribution is 2.24. The zero-order chi connectivity index (χ0) is 22.1. The lowest BCUT2D eigenvalue weighted by Crippen LogP contribution is -2.33. The summed E-state index contributed by atoms with van der Waals surface area (Å²) in [5.74, 6) is 0.558. The predicted octanol–water partition coefficient (Wildman–Crippen LogP) is 3.78. The summed E-state index contributed by atoms with van der Waals surface area (Å²) in [5, 5.41) is 18.2. The highest BCUT2D eigenvalue weighted by atomic mass is 16.3. The van der Waals surface area contributed by atoms with Gasteiger partial charge in [0, 0.05) is 29.1 Å². The van der Waals surface area contributed by atoms with Crippen LogP contribution in [0, 0.1) is 5.92 Å². The minimum atomic E-state index is -0.250. The summed E-state index contributed by atoms with van der Waals surface area (Å²) in [7, 11) is 0. The van der Waals surface area contributed by atoms with E-state index < -0.39 is 0 Å². The molecule has 1 unspecified atom stereocenters. The Bertz CT molecular complexity index is 998. The molecule has 3 N–H and O–H groups in total. The van der Waals surface area contributed by atoms with Gasteiger partial charge in [-0.2, -0.15) is 5.10 Å². The third-order valence-corrected chi connectivity index (χ3v) is 5.52. The lowest BCUT2D eigenvalue weighted by Gasteiger charge is -2.27. The van der Waals surface area contributed by atoms with E-state index in [0.717, 1.165) is 35.1 Å². The van der Waals surface area contributed by atoms with Crippen molar-refractivity contribution in [2.75, 3.05) is 25.0 Å². The van der Waals surface area contributed by atoms with Crippen LogP contribution in [0.2, 0.25) is 0 Å². The summed E-state index contributed by atoms with van der Waals surface area (Å²) in [6, 6.07) is 11.9. The SMILES string of the molecule is CC(CCN1CCCCC1)C(=O)Nc1cc(-c2ccc3ncccc3c2)[nH]n1.O=CO. The molecule has 8 nitrogen and oxygen atoms in total. The van der Waals surface area contributed by atoms with Crippen LogP contribution in [0.3, 0.4) is 0 Å². The van der Waals surface area contributed by atoms with Crippen LogP contribution in [-0.4, -0.2) is 57.2 Å². The number of carbonyl (C=O) groups excluding carboxylic acids is 1. The van der Waals surface area contributed by atoms with Crippen LogP contribution in [0.4, 0.5) is 5.82 Å². The minimum absolute atomic E-state index is 0.0257. The number of nitrogens with one attached hydrogen (secondary N) is 2. The van der Waals surface area contributed by atoms with E-state index in [4.69, 9.17) is 9.90 Å². The number of hydrogen-bond donors (Lipinski definition) is 3. The molecule has 0 radical (unpaired) electrons. The third-order valence-electron chi connectivity index (χ3n) is 5.52. The third kappa shape index (κ3) is 6.36. The average molecular weight is 424 g/mol. The quantitative estimate of drug-likeness (QED) is 0.520. The Hall–Kier alpha value is -3.26. The first-order valence-corrected chi connectivity index (χ1v) is 10.6. The molecular formula is C23H29N5O3. The van der Waals surface area contributed by atoms with Crippen molar-refractivity contribution in [2.24, 2.45) is 5.92 Å². The molecule has 0 saturated carbocycles. The molecule has 1 amide bonds. The fourth-order valence-electron chi connectivity index (χ4n) is 3.72. The molecule has 1 aliphatic rings. The van der Waals surface area contributed by atoms with Gasteiger partial charge in [0.25, 0.3) is 6.47 Å². The van der Waals surface area contributed by atoms with Gasteiger partial charge in [0.15, 0.2) is 5.82 Å². The number of hydrogen-bond acceptors (Lipinski definition) is 5. The highest BCUT2D eigenvalue weighted by molar-refractivity contribution is 5.92. The first kappa shape index (κ1) is 22.4. The van der Waals surface area contributed by atoms with E-state index in [-0.39, 0.29) is 18.3 Å². The predicted molar refractivity (Wildman–Crippen MR) is 121 cm³/mol. The molecule has 8 heteroatoms. The number of likely N-dealkylation sites (tertiary alicyclic amines) is 1. The van der Waals surface area contributed by atoms with Crippen LogP contribution < -0.4 is 5.32 Å². The van der Waals surface area contributed by atoms with E-state index >= 15 is 0 Å². The first-order chi connectivity index (χ1) is 15.1. The Morgan fingerprint density at radius 3 is 2.81 bits per heavy atom. The zero-order valence-electron chi connectivity index (χ0n) is 17.8. The maximum absolute atomic E-state index is 12.5. The number of pyridine rings is 1. The van der Waals surface area contributed by atoms with Crippen molar-refractivity contribution in [2.45, 2.75) is 32.6 Å². The number of benzene rings is 1. The molecule has 3 heterocycles. The molecule has 0 spiro atoms. The monoisotopic (exact) mass is 423 g/mol. The Kier molecular flexibility index (Phi) is 8.12. The molecule has 1 aliphatic heterocycles. The molecule has 1 atom stereocenters. The number of fused-ring (bicyclic) bond motifs is 1. The number of aromatic nitrogens is 3. The van der Waals surface area contributed by atoms with Gasteiger partial charge in [0.2, 0.25) is 5.91 Å². The number of carbonyl (C=O) groups is 2. The number of anilines is 1. The summed E-state index contributed by atoms with van der Waals surface area (Å²) < 4.78 is 0. The van der Waals surface area contributed by atoms with E-state index in [2.05, 4.69) is 31.5 Å². The molecule has 4 rings (SSSR count). The van der Waals surface area contributed by atoms with Gasteiger partial charge < -0.3 is 15.3 Å². The lowest BCUT2D eigenvalue weighted by atomic mass is 10.1. The number of nitrogens with zero attached hydrogens (tertiary/aromatic N) is 3. The van der Waals surface area contributed by atoms with Crippen LogP contribution in [0.5, 0.6) is 0 Å². The second-order valence-corrected chi connectivity index (χ2v) is 7.76. The van der Waals surface area contributed by atoms with E-state index in [1.54, 1.807) is 6.20 Å². The zero-order valence-corrected chi connectivity index (χ0v) is 17.8. The molecule has 164 valence electrons. The molecule has 3 aromatic rings. The van der Waals surface area contributed by atoms with Gasteiger partial charge in [-0.1, -0.05) is 25.5 Å². The Morgan fingerprint density at radius 1 is 1.26 bits per heavy atom. The number of piperidine rings is 1. The van der Waals surface area contributed by atoms with Crippen molar-refractivity contribution in [3.05, 3.63) is 42.6 Å². The van der Waals surface area contributed by atoms with Crippen LogP contribution >= 0.6 is 0 Å². The van der Waals surface area contributed by atoms with Crippen molar-refractivity contribution in [3.63, 3.8) is 0 Å². The Morgan fingerprint density at radius 2 is 2.03 bits per heavy atom. The topological polar surface area (TPSA) is 111 Å². The molecule has 1 aromatic carbocycles.